The van der Waals surface area contributed by atoms with Gasteiger partial charge in [0.2, 0.25) is 15.9 Å². The van der Waals surface area contributed by atoms with E-state index >= 15 is 0 Å². The van der Waals surface area contributed by atoms with Gasteiger partial charge in [-0.2, -0.15) is 9.57 Å². The summed E-state index contributed by atoms with van der Waals surface area (Å²) >= 11 is 0. The fourth-order valence-corrected chi connectivity index (χ4v) is 6.12. The number of amides is 1. The van der Waals surface area contributed by atoms with E-state index < -0.39 is 15.9 Å². The van der Waals surface area contributed by atoms with E-state index in [1.807, 2.05) is 54.6 Å². The molecule has 1 saturated heterocycles. The van der Waals surface area contributed by atoms with Gasteiger partial charge >= 0.3 is 0 Å². The SMILES string of the molecule is N#CC1(c2ccc(NC(=O)C3CCCN(S(=O)(=O)c4ccc5ccccc5c4)C3)cc2)CC1. The first-order chi connectivity index (χ1) is 15.9. The van der Waals surface area contributed by atoms with E-state index in [0.717, 1.165) is 29.2 Å². The Bertz CT molecular complexity index is 1360. The summed E-state index contributed by atoms with van der Waals surface area (Å²) in [6, 6.07) is 22.6. The van der Waals surface area contributed by atoms with Gasteiger partial charge in [-0.3, -0.25) is 4.79 Å². The van der Waals surface area contributed by atoms with Crippen LogP contribution in [0.5, 0.6) is 0 Å². The summed E-state index contributed by atoms with van der Waals surface area (Å²) < 4.78 is 28.0. The average molecular weight is 460 g/mol. The summed E-state index contributed by atoms with van der Waals surface area (Å²) in [7, 11) is -3.69. The highest BCUT2D eigenvalue weighted by atomic mass is 32.2. The number of hydrogen-bond donors (Lipinski definition) is 1. The van der Waals surface area contributed by atoms with Crippen molar-refractivity contribution in [2.45, 2.75) is 36.0 Å². The van der Waals surface area contributed by atoms with E-state index in [4.69, 9.17) is 0 Å². The van der Waals surface area contributed by atoms with Crippen LogP contribution in [-0.2, 0) is 20.2 Å². The van der Waals surface area contributed by atoms with Crippen LogP contribution in [0.1, 0.15) is 31.2 Å². The third-order valence-corrected chi connectivity index (χ3v) is 8.64. The summed E-state index contributed by atoms with van der Waals surface area (Å²) in [5.41, 5.74) is 1.28. The molecule has 2 fully saturated rings. The number of rotatable bonds is 5. The Balaban J connectivity index is 1.28. The van der Waals surface area contributed by atoms with Crippen LogP contribution in [0, 0.1) is 17.2 Å². The summed E-state index contributed by atoms with van der Waals surface area (Å²) in [6.07, 6.45) is 3.03. The lowest BCUT2D eigenvalue weighted by Gasteiger charge is -2.31. The van der Waals surface area contributed by atoms with Crippen LogP contribution in [-0.4, -0.2) is 31.7 Å². The molecule has 1 saturated carbocycles. The lowest BCUT2D eigenvalue weighted by molar-refractivity contribution is -0.120. The summed E-state index contributed by atoms with van der Waals surface area (Å²) in [5, 5.41) is 14.1. The van der Waals surface area contributed by atoms with Crippen molar-refractivity contribution in [1.29, 1.82) is 5.26 Å². The monoisotopic (exact) mass is 459 g/mol. The van der Waals surface area contributed by atoms with Gasteiger partial charge in [-0.25, -0.2) is 8.42 Å². The molecule has 3 aromatic carbocycles. The van der Waals surface area contributed by atoms with E-state index in [2.05, 4.69) is 11.4 Å². The molecule has 5 rings (SSSR count). The van der Waals surface area contributed by atoms with E-state index in [-0.39, 0.29) is 22.8 Å². The highest BCUT2D eigenvalue weighted by Gasteiger charge is 2.44. The lowest BCUT2D eigenvalue weighted by Crippen LogP contribution is -2.43. The summed E-state index contributed by atoms with van der Waals surface area (Å²) in [6.45, 7) is 0.570. The second-order valence-corrected chi connectivity index (χ2v) is 10.9. The highest BCUT2D eigenvalue weighted by Crippen LogP contribution is 2.47. The minimum Gasteiger partial charge on any atom is -0.326 e. The van der Waals surface area contributed by atoms with Gasteiger partial charge in [0, 0.05) is 18.8 Å². The largest absolute Gasteiger partial charge is 0.326 e. The number of hydrogen-bond acceptors (Lipinski definition) is 4. The Labute approximate surface area is 193 Å². The summed E-state index contributed by atoms with van der Waals surface area (Å²) in [4.78, 5) is 13.2. The predicted molar refractivity (Wildman–Crippen MR) is 127 cm³/mol. The number of nitrogens with one attached hydrogen (secondary N) is 1. The van der Waals surface area contributed by atoms with Gasteiger partial charge in [-0.15, -0.1) is 0 Å². The van der Waals surface area contributed by atoms with Crippen molar-refractivity contribution in [2.24, 2.45) is 5.92 Å². The molecule has 0 radical (unpaired) electrons. The maximum absolute atomic E-state index is 13.3. The molecule has 1 heterocycles. The molecule has 6 nitrogen and oxygen atoms in total. The van der Waals surface area contributed by atoms with Crippen LogP contribution in [0.25, 0.3) is 10.8 Å². The van der Waals surface area contributed by atoms with Crippen molar-refractivity contribution >= 4 is 32.4 Å². The molecule has 1 atom stereocenters. The molecule has 3 aromatic rings. The number of piperidine rings is 1. The number of carbonyl (C=O) groups is 1. The molecule has 2 aliphatic rings. The van der Waals surface area contributed by atoms with E-state index in [9.17, 15) is 18.5 Å². The zero-order chi connectivity index (χ0) is 23.1. The maximum atomic E-state index is 13.3. The Kier molecular flexibility index (Phi) is 5.43. The molecule has 0 spiro atoms. The molecule has 1 N–H and O–H groups in total. The number of nitrogens with zero attached hydrogens (tertiary/aromatic N) is 2. The van der Waals surface area contributed by atoms with Gasteiger partial charge in [0.05, 0.1) is 22.3 Å². The molecule has 1 aliphatic carbocycles. The van der Waals surface area contributed by atoms with Crippen LogP contribution in [0.15, 0.2) is 71.6 Å². The first-order valence-electron chi connectivity index (χ1n) is 11.2. The molecule has 0 bridgehead atoms. The quantitative estimate of drug-likeness (QED) is 0.611. The number of benzene rings is 3. The molecule has 33 heavy (non-hydrogen) atoms. The minimum atomic E-state index is -3.69. The molecular weight excluding hydrogens is 434 g/mol. The molecular formula is C26H25N3O3S. The third-order valence-electron chi connectivity index (χ3n) is 6.78. The fourth-order valence-electron chi connectivity index (χ4n) is 4.56. The van der Waals surface area contributed by atoms with Gasteiger partial charge < -0.3 is 5.32 Å². The van der Waals surface area contributed by atoms with Gasteiger partial charge in [-0.05, 0) is 66.3 Å². The number of anilines is 1. The van der Waals surface area contributed by atoms with Crippen LogP contribution in [0.4, 0.5) is 5.69 Å². The normalized spacial score (nSPS) is 20.2. The number of carbonyl (C=O) groups excluding carboxylic acids is 1. The average Bonchev–Trinajstić information content (AvgIpc) is 3.65. The van der Waals surface area contributed by atoms with Gasteiger partial charge in [0.25, 0.3) is 0 Å². The van der Waals surface area contributed by atoms with Crippen molar-refractivity contribution in [3.63, 3.8) is 0 Å². The number of nitriles is 1. The predicted octanol–water partition coefficient (Wildman–Crippen LogP) is 4.43. The van der Waals surface area contributed by atoms with Crippen LogP contribution >= 0.6 is 0 Å². The highest BCUT2D eigenvalue weighted by molar-refractivity contribution is 7.89. The van der Waals surface area contributed by atoms with E-state index in [0.29, 0.717) is 25.1 Å². The minimum absolute atomic E-state index is 0.163. The first-order valence-corrected chi connectivity index (χ1v) is 12.7. The molecule has 1 aliphatic heterocycles. The first kappa shape index (κ1) is 21.6. The van der Waals surface area contributed by atoms with E-state index in [1.165, 1.54) is 4.31 Å². The topological polar surface area (TPSA) is 90.3 Å². The van der Waals surface area contributed by atoms with Crippen LogP contribution in [0.2, 0.25) is 0 Å². The molecule has 1 unspecified atom stereocenters. The van der Waals surface area contributed by atoms with Crippen molar-refractivity contribution in [2.75, 3.05) is 18.4 Å². The number of fused-ring (bicyclic) bond motifs is 1. The van der Waals surface area contributed by atoms with Crippen molar-refractivity contribution in [3.05, 3.63) is 72.3 Å². The molecule has 7 heteroatoms. The second-order valence-electron chi connectivity index (χ2n) is 8.97. The maximum Gasteiger partial charge on any atom is 0.243 e. The molecule has 1 amide bonds. The standard InChI is InChI=1S/C26H25N3O3S/c27-18-26(13-14-26)22-8-10-23(11-9-22)28-25(30)21-6-3-15-29(17-21)33(31,32)24-12-7-19-4-1-2-5-20(19)16-24/h1-2,4-5,7-12,16,21H,3,6,13-15,17H2,(H,28,30). The Morgan fingerprint density at radius 1 is 1.03 bits per heavy atom. The molecule has 168 valence electrons. The fraction of sp³-hybridized carbons (Fsp3) is 0.308. The van der Waals surface area contributed by atoms with Crippen LogP contribution < -0.4 is 5.32 Å². The molecule has 0 aromatic heterocycles. The van der Waals surface area contributed by atoms with Crippen molar-refractivity contribution in [3.8, 4) is 6.07 Å². The second kappa shape index (κ2) is 8.29. The van der Waals surface area contributed by atoms with Crippen molar-refractivity contribution in [1.82, 2.24) is 4.31 Å². The lowest BCUT2D eigenvalue weighted by atomic mass is 9.97. The Hall–Kier alpha value is -3.21. The van der Waals surface area contributed by atoms with Crippen LogP contribution in [0.3, 0.4) is 0 Å². The van der Waals surface area contributed by atoms with Crippen molar-refractivity contribution < 1.29 is 13.2 Å². The summed E-state index contributed by atoms with van der Waals surface area (Å²) in [5.74, 6) is -0.592. The smallest absolute Gasteiger partial charge is 0.243 e. The van der Waals surface area contributed by atoms with Gasteiger partial charge in [0.15, 0.2) is 0 Å². The zero-order valence-electron chi connectivity index (χ0n) is 18.2. The Morgan fingerprint density at radius 3 is 2.45 bits per heavy atom. The van der Waals surface area contributed by atoms with Gasteiger partial charge in [0.1, 0.15) is 0 Å². The Morgan fingerprint density at radius 2 is 1.76 bits per heavy atom. The zero-order valence-corrected chi connectivity index (χ0v) is 19.0. The third kappa shape index (κ3) is 4.12. The van der Waals surface area contributed by atoms with Gasteiger partial charge in [-0.1, -0.05) is 42.5 Å². The van der Waals surface area contributed by atoms with E-state index in [1.54, 1.807) is 12.1 Å². The number of sulfonamides is 1.